The summed E-state index contributed by atoms with van der Waals surface area (Å²) in [5.41, 5.74) is -3.20. The van der Waals surface area contributed by atoms with Crippen LogP contribution in [-0.4, -0.2) is 43.2 Å². The highest BCUT2D eigenvalue weighted by molar-refractivity contribution is 6.40. The maximum absolute atomic E-state index is 13.3. The molecule has 0 heterocycles. The van der Waals surface area contributed by atoms with E-state index in [4.69, 9.17) is 27.9 Å². The Hall–Kier alpha value is -3.06. The average molecular weight is 675 g/mol. The standard InChI is InChI=1S/C29H31Cl2F7N2O4/c1-4-5-15(25(34)35)7-10-20(41)18-12-17(8-11-21(18)44-14-22(32)33)40-26(42)23-19(30)9-6-16(24(23)31)13-39-27(43)28(2,3)29(36,37)38/h6,8-9,11-12,15,22,25H,4-5,7,10,13-14H2,1-3H3,(H,39,43)(H,40,42). The monoisotopic (exact) mass is 674 g/mol. The molecule has 0 bridgehead atoms. The maximum Gasteiger partial charge on any atom is 0.402 e. The lowest BCUT2D eigenvalue weighted by Crippen LogP contribution is -2.46. The van der Waals surface area contributed by atoms with E-state index in [2.05, 4.69) is 10.6 Å². The van der Waals surface area contributed by atoms with Crippen LogP contribution in [0.2, 0.25) is 10.0 Å². The van der Waals surface area contributed by atoms with Crippen molar-refractivity contribution in [3.8, 4) is 5.75 Å². The molecule has 0 spiro atoms. The van der Waals surface area contributed by atoms with Crippen molar-refractivity contribution in [1.29, 1.82) is 0 Å². The minimum absolute atomic E-state index is 0.0283. The predicted molar refractivity (Wildman–Crippen MR) is 152 cm³/mol. The maximum atomic E-state index is 13.3. The number of ether oxygens (including phenoxy) is 1. The molecule has 6 nitrogen and oxygen atoms in total. The van der Waals surface area contributed by atoms with E-state index in [1.807, 2.05) is 0 Å². The van der Waals surface area contributed by atoms with Crippen molar-refractivity contribution in [3.05, 3.63) is 57.1 Å². The van der Waals surface area contributed by atoms with Gasteiger partial charge in [-0.25, -0.2) is 17.6 Å². The van der Waals surface area contributed by atoms with Gasteiger partial charge in [-0.05, 0) is 56.5 Å². The van der Waals surface area contributed by atoms with E-state index in [0.29, 0.717) is 20.3 Å². The number of halogens is 9. The third kappa shape index (κ3) is 9.72. The van der Waals surface area contributed by atoms with Crippen LogP contribution in [0.3, 0.4) is 0 Å². The highest BCUT2D eigenvalue weighted by Crippen LogP contribution is 2.38. The number of hydrogen-bond donors (Lipinski definition) is 2. The Labute approximate surface area is 259 Å². The lowest BCUT2D eigenvalue weighted by atomic mass is 9.91. The number of carbonyl (C=O) groups excluding carboxylic acids is 3. The number of benzene rings is 2. The molecule has 1 atom stereocenters. The van der Waals surface area contributed by atoms with E-state index < -0.39 is 61.1 Å². The smallest absolute Gasteiger partial charge is 0.402 e. The fourth-order valence-corrected chi connectivity index (χ4v) is 4.59. The summed E-state index contributed by atoms with van der Waals surface area (Å²) in [4.78, 5) is 38.3. The number of nitrogens with one attached hydrogen (secondary N) is 2. The van der Waals surface area contributed by atoms with Gasteiger partial charge in [0.1, 0.15) is 17.8 Å². The van der Waals surface area contributed by atoms with Gasteiger partial charge in [0.15, 0.2) is 5.78 Å². The fraction of sp³-hybridized carbons (Fsp3) is 0.483. The molecule has 0 aliphatic carbocycles. The average Bonchev–Trinajstić information content (AvgIpc) is 2.92. The molecule has 2 N–H and O–H groups in total. The highest BCUT2D eigenvalue weighted by Gasteiger charge is 2.52. The lowest BCUT2D eigenvalue weighted by molar-refractivity contribution is -0.211. The van der Waals surface area contributed by atoms with Gasteiger partial charge in [-0.1, -0.05) is 42.6 Å². The van der Waals surface area contributed by atoms with Crippen LogP contribution in [0.25, 0.3) is 0 Å². The normalized spacial score (nSPS) is 12.8. The minimum atomic E-state index is -4.83. The van der Waals surface area contributed by atoms with Crippen molar-refractivity contribution in [3.63, 3.8) is 0 Å². The molecule has 0 saturated carbocycles. The summed E-state index contributed by atoms with van der Waals surface area (Å²) in [5, 5.41) is 4.15. The third-order valence-corrected chi connectivity index (χ3v) is 7.52. The van der Waals surface area contributed by atoms with Crippen molar-refractivity contribution >= 4 is 46.5 Å². The summed E-state index contributed by atoms with van der Waals surface area (Å²) in [6.45, 7) is 1.61. The zero-order valence-electron chi connectivity index (χ0n) is 23.9. The number of amides is 2. The lowest BCUT2D eigenvalue weighted by Gasteiger charge is -2.26. The van der Waals surface area contributed by atoms with Gasteiger partial charge in [-0.2, -0.15) is 13.2 Å². The molecule has 0 aliphatic rings. The molecule has 2 rings (SSSR count). The predicted octanol–water partition coefficient (Wildman–Crippen LogP) is 8.74. The molecule has 2 aromatic rings. The molecule has 0 aliphatic heterocycles. The van der Waals surface area contributed by atoms with Crippen LogP contribution < -0.4 is 15.4 Å². The molecule has 15 heteroatoms. The zero-order chi connectivity index (χ0) is 33.4. The summed E-state index contributed by atoms with van der Waals surface area (Å²) in [6, 6.07) is 6.06. The molecule has 0 fully saturated rings. The van der Waals surface area contributed by atoms with Crippen molar-refractivity contribution in [1.82, 2.24) is 5.32 Å². The molecular weight excluding hydrogens is 644 g/mol. The molecule has 2 aromatic carbocycles. The topological polar surface area (TPSA) is 84.5 Å². The van der Waals surface area contributed by atoms with Gasteiger partial charge in [-0.15, -0.1) is 0 Å². The van der Waals surface area contributed by atoms with Gasteiger partial charge >= 0.3 is 6.18 Å². The minimum Gasteiger partial charge on any atom is -0.487 e. The van der Waals surface area contributed by atoms with Gasteiger partial charge in [0, 0.05) is 24.6 Å². The fourth-order valence-electron chi connectivity index (χ4n) is 3.98. The van der Waals surface area contributed by atoms with Gasteiger partial charge in [0.25, 0.3) is 12.3 Å². The molecule has 244 valence electrons. The molecule has 44 heavy (non-hydrogen) atoms. The Morgan fingerprint density at radius 1 is 0.977 bits per heavy atom. The zero-order valence-corrected chi connectivity index (χ0v) is 25.4. The summed E-state index contributed by atoms with van der Waals surface area (Å²) in [6.07, 6.45) is -10.2. The SMILES string of the molecule is CCCC(CCC(=O)c1cc(NC(=O)c2c(Cl)ccc(CNC(=O)C(C)(C)C(F)(F)F)c2Cl)ccc1OCC(F)F)C(F)F. The van der Waals surface area contributed by atoms with E-state index >= 15 is 0 Å². The van der Waals surface area contributed by atoms with Crippen LogP contribution in [0.5, 0.6) is 5.75 Å². The Kier molecular flexibility index (Phi) is 13.3. The molecule has 0 radical (unpaired) electrons. The molecule has 2 amide bonds. The van der Waals surface area contributed by atoms with Crippen LogP contribution >= 0.6 is 23.2 Å². The summed E-state index contributed by atoms with van der Waals surface area (Å²) in [5.74, 6) is -4.21. The molecule has 0 aromatic heterocycles. The van der Waals surface area contributed by atoms with Crippen molar-refractivity contribution in [2.24, 2.45) is 11.3 Å². The number of rotatable bonds is 15. The van der Waals surface area contributed by atoms with Crippen molar-refractivity contribution < 1.29 is 49.9 Å². The van der Waals surface area contributed by atoms with E-state index in [9.17, 15) is 45.1 Å². The number of alkyl halides is 7. The Morgan fingerprint density at radius 2 is 1.64 bits per heavy atom. The second kappa shape index (κ2) is 15.8. The van der Waals surface area contributed by atoms with Gasteiger partial charge < -0.3 is 15.4 Å². The van der Waals surface area contributed by atoms with Crippen LogP contribution in [0.4, 0.5) is 36.4 Å². The van der Waals surface area contributed by atoms with Gasteiger partial charge in [-0.3, -0.25) is 14.4 Å². The molecule has 1 unspecified atom stereocenters. The van der Waals surface area contributed by atoms with E-state index in [1.165, 1.54) is 18.2 Å². The first-order chi connectivity index (χ1) is 20.4. The van der Waals surface area contributed by atoms with Crippen LogP contribution in [0.1, 0.15) is 72.7 Å². The Bertz CT molecular complexity index is 1340. The number of carbonyl (C=O) groups is 3. The number of Topliss-reactive ketones (excluding diaryl/α,β-unsaturated/α-hetero) is 1. The summed E-state index contributed by atoms with van der Waals surface area (Å²) < 4.78 is 96.8. The van der Waals surface area contributed by atoms with Crippen LogP contribution in [-0.2, 0) is 11.3 Å². The first kappa shape index (κ1) is 37.1. The van der Waals surface area contributed by atoms with E-state index in [1.54, 1.807) is 6.92 Å². The van der Waals surface area contributed by atoms with Crippen molar-refractivity contribution in [2.45, 2.75) is 72.0 Å². The van der Waals surface area contributed by atoms with Crippen LogP contribution in [0.15, 0.2) is 30.3 Å². The summed E-state index contributed by atoms with van der Waals surface area (Å²) in [7, 11) is 0. The van der Waals surface area contributed by atoms with E-state index in [-0.39, 0.29) is 57.4 Å². The second-order valence-electron chi connectivity index (χ2n) is 10.4. The quantitative estimate of drug-likeness (QED) is 0.146. The van der Waals surface area contributed by atoms with Crippen LogP contribution in [0, 0.1) is 11.3 Å². The summed E-state index contributed by atoms with van der Waals surface area (Å²) >= 11 is 12.5. The van der Waals surface area contributed by atoms with E-state index in [0.717, 1.165) is 12.1 Å². The number of hydrogen-bond acceptors (Lipinski definition) is 4. The Balaban J connectivity index is 2.32. The van der Waals surface area contributed by atoms with Gasteiger partial charge in [0.05, 0.1) is 21.2 Å². The first-order valence-electron chi connectivity index (χ1n) is 13.4. The first-order valence-corrected chi connectivity index (χ1v) is 14.2. The van der Waals surface area contributed by atoms with Gasteiger partial charge in [0.2, 0.25) is 12.3 Å². The largest absolute Gasteiger partial charge is 0.487 e. The highest BCUT2D eigenvalue weighted by atomic mass is 35.5. The Morgan fingerprint density at radius 3 is 2.20 bits per heavy atom. The number of ketones is 1. The third-order valence-electron chi connectivity index (χ3n) is 6.77. The number of anilines is 1. The van der Waals surface area contributed by atoms with Crippen molar-refractivity contribution in [2.75, 3.05) is 11.9 Å². The molecule has 0 saturated heterocycles. The molecular formula is C29H31Cl2F7N2O4. The second-order valence-corrected chi connectivity index (χ2v) is 11.2.